The van der Waals surface area contributed by atoms with E-state index in [4.69, 9.17) is 4.74 Å². The zero-order chi connectivity index (χ0) is 9.52. The summed E-state index contributed by atoms with van der Waals surface area (Å²) in [6.07, 6.45) is 1.79. The molecular formula is C8H15N3OS. The highest BCUT2D eigenvalue weighted by atomic mass is 32.1. The van der Waals surface area contributed by atoms with E-state index < -0.39 is 0 Å². The monoisotopic (exact) mass is 201 g/mol. The third kappa shape index (κ3) is 3.38. The van der Waals surface area contributed by atoms with Crippen molar-refractivity contribution in [2.45, 2.75) is 19.9 Å². The average Bonchev–Trinajstić information content (AvgIpc) is 2.65. The van der Waals surface area contributed by atoms with Gasteiger partial charge in [-0.1, -0.05) is 11.4 Å². The molecule has 74 valence electrons. The summed E-state index contributed by atoms with van der Waals surface area (Å²) in [5.74, 6) is 0. The van der Waals surface area contributed by atoms with Gasteiger partial charge in [-0.3, -0.25) is 0 Å². The zero-order valence-electron chi connectivity index (χ0n) is 7.99. The first-order chi connectivity index (χ1) is 6.38. The highest BCUT2D eigenvalue weighted by molar-refractivity contribution is 7.05. The Bertz CT molecular complexity index is 215. The lowest BCUT2D eigenvalue weighted by Gasteiger charge is -2.14. The molecule has 1 rings (SSSR count). The Morgan fingerprint density at radius 2 is 2.46 bits per heavy atom. The van der Waals surface area contributed by atoms with Gasteiger partial charge in [-0.2, -0.15) is 0 Å². The quantitative estimate of drug-likeness (QED) is 0.752. The molecule has 0 saturated carbocycles. The molecule has 1 aromatic heterocycles. The van der Waals surface area contributed by atoms with Crippen LogP contribution in [0.15, 0.2) is 6.20 Å². The van der Waals surface area contributed by atoms with Crippen LogP contribution in [0.2, 0.25) is 0 Å². The summed E-state index contributed by atoms with van der Waals surface area (Å²) < 4.78 is 9.19. The lowest BCUT2D eigenvalue weighted by Crippen LogP contribution is -2.24. The molecule has 0 amide bonds. The van der Waals surface area contributed by atoms with Crippen LogP contribution in [0.5, 0.6) is 0 Å². The van der Waals surface area contributed by atoms with Crippen LogP contribution in [0.1, 0.15) is 24.8 Å². The molecule has 0 spiro atoms. The van der Waals surface area contributed by atoms with E-state index in [1.807, 2.05) is 6.92 Å². The largest absolute Gasteiger partial charge is 0.380 e. The smallest absolute Gasteiger partial charge is 0.0684 e. The van der Waals surface area contributed by atoms with Gasteiger partial charge in [0.05, 0.1) is 23.7 Å². The molecule has 1 unspecified atom stereocenters. The van der Waals surface area contributed by atoms with Gasteiger partial charge in [-0.05, 0) is 25.0 Å². The van der Waals surface area contributed by atoms with Crippen molar-refractivity contribution in [2.24, 2.45) is 0 Å². The highest BCUT2D eigenvalue weighted by Crippen LogP contribution is 2.15. The van der Waals surface area contributed by atoms with Gasteiger partial charge >= 0.3 is 0 Å². The number of nitrogens with zero attached hydrogens (tertiary/aromatic N) is 2. The van der Waals surface area contributed by atoms with Crippen molar-refractivity contribution in [1.29, 1.82) is 0 Å². The van der Waals surface area contributed by atoms with E-state index in [2.05, 4.69) is 21.8 Å². The van der Waals surface area contributed by atoms with E-state index in [-0.39, 0.29) is 6.04 Å². The van der Waals surface area contributed by atoms with Crippen LogP contribution in [0.25, 0.3) is 0 Å². The van der Waals surface area contributed by atoms with Gasteiger partial charge in [0, 0.05) is 6.61 Å². The number of nitrogens with one attached hydrogen (secondary N) is 1. The molecule has 1 aromatic rings. The Labute approximate surface area is 82.5 Å². The number of rotatable bonds is 6. The molecule has 0 aromatic carbocycles. The normalized spacial score (nSPS) is 13.1. The maximum absolute atomic E-state index is 5.36. The van der Waals surface area contributed by atoms with Crippen LogP contribution < -0.4 is 5.32 Å². The van der Waals surface area contributed by atoms with Crippen molar-refractivity contribution in [1.82, 2.24) is 14.9 Å². The van der Waals surface area contributed by atoms with Gasteiger partial charge in [0.15, 0.2) is 0 Å². The molecule has 0 aliphatic carbocycles. The molecule has 5 heteroatoms. The summed E-state index contributed by atoms with van der Waals surface area (Å²) in [5, 5.41) is 7.13. The van der Waals surface area contributed by atoms with E-state index in [1.54, 1.807) is 6.20 Å². The first-order valence-electron chi connectivity index (χ1n) is 4.46. The molecular weight excluding hydrogens is 186 g/mol. The number of aromatic nitrogens is 2. The van der Waals surface area contributed by atoms with E-state index in [1.165, 1.54) is 11.5 Å². The van der Waals surface area contributed by atoms with Gasteiger partial charge < -0.3 is 10.1 Å². The average molecular weight is 201 g/mol. The third-order valence-corrected chi connectivity index (χ3v) is 2.44. The van der Waals surface area contributed by atoms with E-state index in [0.717, 1.165) is 18.0 Å². The summed E-state index contributed by atoms with van der Waals surface area (Å²) in [7, 11) is 0. The number of ether oxygens (including phenoxy) is 1. The second-order valence-electron chi connectivity index (χ2n) is 2.59. The van der Waals surface area contributed by atoms with Gasteiger partial charge in [0.2, 0.25) is 0 Å². The molecule has 0 radical (unpaired) electrons. The van der Waals surface area contributed by atoms with E-state index >= 15 is 0 Å². The molecule has 0 saturated heterocycles. The van der Waals surface area contributed by atoms with E-state index in [9.17, 15) is 0 Å². The van der Waals surface area contributed by atoms with Crippen molar-refractivity contribution in [3.8, 4) is 0 Å². The number of hydrogen-bond donors (Lipinski definition) is 1. The molecule has 0 fully saturated rings. The van der Waals surface area contributed by atoms with Crippen LogP contribution in [-0.4, -0.2) is 29.3 Å². The van der Waals surface area contributed by atoms with Gasteiger partial charge in [0.1, 0.15) is 0 Å². The van der Waals surface area contributed by atoms with Gasteiger partial charge in [0.25, 0.3) is 0 Å². The topological polar surface area (TPSA) is 47.0 Å². The number of hydrogen-bond acceptors (Lipinski definition) is 5. The summed E-state index contributed by atoms with van der Waals surface area (Å²) >= 11 is 1.42. The summed E-state index contributed by atoms with van der Waals surface area (Å²) in [4.78, 5) is 1.13. The molecule has 4 nitrogen and oxygen atoms in total. The van der Waals surface area contributed by atoms with Gasteiger partial charge in [-0.25, -0.2) is 0 Å². The van der Waals surface area contributed by atoms with Crippen LogP contribution in [0, 0.1) is 0 Å². The van der Waals surface area contributed by atoms with Crippen LogP contribution in [0.4, 0.5) is 0 Å². The Balaban J connectivity index is 2.47. The summed E-state index contributed by atoms with van der Waals surface area (Å²) in [5.41, 5.74) is 0. The lowest BCUT2D eigenvalue weighted by molar-refractivity contribution is 0.124. The van der Waals surface area contributed by atoms with Crippen molar-refractivity contribution in [2.75, 3.05) is 19.8 Å². The summed E-state index contributed by atoms with van der Waals surface area (Å²) in [6.45, 7) is 6.43. The molecule has 1 N–H and O–H groups in total. The van der Waals surface area contributed by atoms with Crippen LogP contribution >= 0.6 is 11.5 Å². The van der Waals surface area contributed by atoms with Crippen LogP contribution in [0.3, 0.4) is 0 Å². The molecule has 13 heavy (non-hydrogen) atoms. The fourth-order valence-corrected chi connectivity index (χ4v) is 1.61. The predicted octanol–water partition coefficient (Wildman–Crippen LogP) is 1.23. The van der Waals surface area contributed by atoms with Crippen LogP contribution in [-0.2, 0) is 4.74 Å². The Hall–Kier alpha value is -0.520. The van der Waals surface area contributed by atoms with Gasteiger partial charge in [-0.15, -0.1) is 5.10 Å². The molecule has 1 heterocycles. The minimum Gasteiger partial charge on any atom is -0.380 e. The standard InChI is InChI=1S/C8H15N3OS/c1-3-9-7(6-12-4-2)8-5-10-11-13-8/h5,7,9H,3-4,6H2,1-2H3. The first kappa shape index (κ1) is 10.6. The third-order valence-electron chi connectivity index (χ3n) is 1.66. The van der Waals surface area contributed by atoms with Crippen molar-refractivity contribution in [3.63, 3.8) is 0 Å². The second-order valence-corrected chi connectivity index (χ2v) is 3.41. The summed E-state index contributed by atoms with van der Waals surface area (Å²) in [6, 6.07) is 0.241. The maximum atomic E-state index is 5.36. The Morgan fingerprint density at radius 3 is 3.00 bits per heavy atom. The van der Waals surface area contributed by atoms with Crippen molar-refractivity contribution < 1.29 is 4.74 Å². The minimum atomic E-state index is 0.241. The molecule has 1 atom stereocenters. The van der Waals surface area contributed by atoms with Crippen molar-refractivity contribution >= 4 is 11.5 Å². The maximum Gasteiger partial charge on any atom is 0.0684 e. The minimum absolute atomic E-state index is 0.241. The fourth-order valence-electron chi connectivity index (χ4n) is 1.05. The molecule has 0 aliphatic rings. The Morgan fingerprint density at radius 1 is 1.62 bits per heavy atom. The van der Waals surface area contributed by atoms with E-state index in [0.29, 0.717) is 6.61 Å². The molecule has 0 bridgehead atoms. The molecule has 0 aliphatic heterocycles. The predicted molar refractivity (Wildman–Crippen MR) is 52.8 cm³/mol. The van der Waals surface area contributed by atoms with Crippen molar-refractivity contribution in [3.05, 3.63) is 11.1 Å². The Kier molecular flexibility index (Phi) is 4.88. The highest BCUT2D eigenvalue weighted by Gasteiger charge is 2.11. The number of likely N-dealkylation sites (N-methyl/N-ethyl adjacent to an activating group) is 1. The SMILES string of the molecule is CCNC(COCC)c1cnns1. The lowest BCUT2D eigenvalue weighted by atomic mass is 10.3. The second kappa shape index (κ2) is 6.01. The fraction of sp³-hybridized carbons (Fsp3) is 0.750. The first-order valence-corrected chi connectivity index (χ1v) is 5.24. The zero-order valence-corrected chi connectivity index (χ0v) is 8.80.